The van der Waals surface area contributed by atoms with Gasteiger partial charge in [-0.1, -0.05) is 46.6 Å². The highest BCUT2D eigenvalue weighted by molar-refractivity contribution is 7.13. The molecule has 4 rings (SSSR count). The summed E-state index contributed by atoms with van der Waals surface area (Å²) in [5.41, 5.74) is 4.47. The Bertz CT molecular complexity index is 1040. The second-order valence-electron chi connectivity index (χ2n) is 5.46. The molecule has 25 heavy (non-hydrogen) atoms. The van der Waals surface area contributed by atoms with Crippen molar-refractivity contribution in [3.05, 3.63) is 69.7 Å². The molecule has 0 saturated carbocycles. The molecule has 0 aliphatic heterocycles. The first-order valence-corrected chi connectivity index (χ1v) is 9.15. The Kier molecular flexibility index (Phi) is 4.29. The second kappa shape index (κ2) is 6.59. The number of aromatic nitrogens is 4. The van der Waals surface area contributed by atoms with E-state index in [2.05, 4.69) is 10.3 Å². The summed E-state index contributed by atoms with van der Waals surface area (Å²) in [4.78, 5) is 4.70. The fraction of sp³-hybridized carbons (Fsp3) is 0.0556. The lowest BCUT2D eigenvalue weighted by Crippen LogP contribution is -1.98. The molecule has 0 radical (unpaired) electrons. The van der Waals surface area contributed by atoms with Crippen molar-refractivity contribution in [2.24, 2.45) is 0 Å². The molecule has 124 valence electrons. The van der Waals surface area contributed by atoms with Crippen LogP contribution in [0.3, 0.4) is 0 Å². The van der Waals surface area contributed by atoms with Crippen LogP contribution in [0.5, 0.6) is 0 Å². The number of nitrogens with zero attached hydrogens (tertiary/aromatic N) is 4. The lowest BCUT2D eigenvalue weighted by Gasteiger charge is -2.03. The van der Waals surface area contributed by atoms with Gasteiger partial charge in [0.15, 0.2) is 0 Å². The first-order chi connectivity index (χ1) is 12.1. The Morgan fingerprint density at radius 1 is 1.00 bits per heavy atom. The summed E-state index contributed by atoms with van der Waals surface area (Å²) in [5, 5.41) is 12.8. The van der Waals surface area contributed by atoms with E-state index in [4.69, 9.17) is 28.2 Å². The maximum Gasteiger partial charge on any atom is 0.146 e. The molecular weight excluding hydrogens is 375 g/mol. The Balaban J connectivity index is 1.71. The minimum Gasteiger partial charge on any atom is -0.234 e. The van der Waals surface area contributed by atoms with Crippen molar-refractivity contribution in [1.29, 1.82) is 0 Å². The molecule has 2 aromatic carbocycles. The lowest BCUT2D eigenvalue weighted by atomic mass is 10.2. The van der Waals surface area contributed by atoms with Crippen molar-refractivity contribution in [2.75, 3.05) is 0 Å². The maximum atomic E-state index is 6.07. The van der Waals surface area contributed by atoms with Gasteiger partial charge in [0.25, 0.3) is 0 Å². The van der Waals surface area contributed by atoms with E-state index in [0.29, 0.717) is 10.0 Å². The maximum absolute atomic E-state index is 6.07. The molecule has 2 heterocycles. The Labute approximate surface area is 158 Å². The van der Waals surface area contributed by atoms with Crippen LogP contribution in [0, 0.1) is 6.92 Å². The van der Waals surface area contributed by atoms with Gasteiger partial charge < -0.3 is 0 Å². The van der Waals surface area contributed by atoms with Crippen LogP contribution in [-0.2, 0) is 0 Å². The second-order valence-corrected chi connectivity index (χ2v) is 7.19. The zero-order chi connectivity index (χ0) is 17.4. The molecule has 0 fully saturated rings. The van der Waals surface area contributed by atoms with E-state index in [-0.39, 0.29) is 0 Å². The van der Waals surface area contributed by atoms with Crippen LogP contribution in [0.25, 0.3) is 27.6 Å². The van der Waals surface area contributed by atoms with Crippen LogP contribution in [0.15, 0.2) is 53.9 Å². The summed E-state index contributed by atoms with van der Waals surface area (Å²) in [6.45, 7) is 1.97. The van der Waals surface area contributed by atoms with Crippen LogP contribution in [-0.4, -0.2) is 20.0 Å². The minimum atomic E-state index is 0.660. The van der Waals surface area contributed by atoms with Crippen molar-refractivity contribution in [3.63, 3.8) is 0 Å². The third kappa shape index (κ3) is 3.18. The number of thiazole rings is 1. The van der Waals surface area contributed by atoms with Crippen LogP contribution in [0.2, 0.25) is 10.0 Å². The summed E-state index contributed by atoms with van der Waals surface area (Å²) in [7, 11) is 0. The van der Waals surface area contributed by atoms with Gasteiger partial charge >= 0.3 is 0 Å². The van der Waals surface area contributed by atoms with E-state index in [9.17, 15) is 0 Å². The van der Waals surface area contributed by atoms with Gasteiger partial charge in [-0.05, 0) is 37.3 Å². The summed E-state index contributed by atoms with van der Waals surface area (Å²) < 4.78 is 1.77. The number of rotatable bonds is 3. The van der Waals surface area contributed by atoms with Crippen LogP contribution in [0.4, 0.5) is 0 Å². The predicted octanol–water partition coefficient (Wildman–Crippen LogP) is 5.67. The highest BCUT2D eigenvalue weighted by Gasteiger charge is 2.16. The van der Waals surface area contributed by atoms with Gasteiger partial charge in [0.2, 0.25) is 0 Å². The standard InChI is InChI=1S/C18H12Cl2N4S/c1-11-17(22-23-24(11)15-4-2-3-14(20)9-15)18-21-16(10-25-18)12-5-7-13(19)8-6-12/h2-10H,1H3. The summed E-state index contributed by atoms with van der Waals surface area (Å²) in [5.74, 6) is 0. The van der Waals surface area contributed by atoms with E-state index < -0.39 is 0 Å². The molecule has 0 aliphatic rings. The largest absolute Gasteiger partial charge is 0.234 e. The summed E-state index contributed by atoms with van der Waals surface area (Å²) in [6.07, 6.45) is 0. The Morgan fingerprint density at radius 2 is 1.80 bits per heavy atom. The molecule has 0 N–H and O–H groups in total. The van der Waals surface area contributed by atoms with Crippen LogP contribution < -0.4 is 0 Å². The zero-order valence-electron chi connectivity index (χ0n) is 13.1. The van der Waals surface area contributed by atoms with Gasteiger partial charge in [-0.15, -0.1) is 16.4 Å². The average molecular weight is 387 g/mol. The quantitative estimate of drug-likeness (QED) is 0.455. The molecule has 0 saturated heterocycles. The predicted molar refractivity (Wildman–Crippen MR) is 103 cm³/mol. The van der Waals surface area contributed by atoms with Crippen molar-refractivity contribution in [1.82, 2.24) is 20.0 Å². The molecule has 0 aliphatic carbocycles. The molecule has 7 heteroatoms. The molecule has 4 nitrogen and oxygen atoms in total. The van der Waals surface area contributed by atoms with Crippen LogP contribution in [0.1, 0.15) is 5.69 Å². The fourth-order valence-corrected chi connectivity index (χ4v) is 3.69. The van der Waals surface area contributed by atoms with Crippen molar-refractivity contribution < 1.29 is 0 Å². The molecule has 0 unspecified atom stereocenters. The van der Waals surface area contributed by atoms with Gasteiger partial charge in [-0.3, -0.25) is 0 Å². The molecule has 2 aromatic heterocycles. The third-order valence-corrected chi connectivity index (χ3v) is 5.13. The average Bonchev–Trinajstić information content (AvgIpc) is 3.22. The number of benzene rings is 2. The van der Waals surface area contributed by atoms with Crippen molar-refractivity contribution >= 4 is 34.5 Å². The normalized spacial score (nSPS) is 11.0. The monoisotopic (exact) mass is 386 g/mol. The molecule has 0 amide bonds. The van der Waals surface area contributed by atoms with Gasteiger partial charge in [-0.2, -0.15) is 0 Å². The number of hydrogen-bond acceptors (Lipinski definition) is 4. The van der Waals surface area contributed by atoms with E-state index >= 15 is 0 Å². The van der Waals surface area contributed by atoms with Gasteiger partial charge in [0, 0.05) is 21.0 Å². The number of halogens is 2. The summed E-state index contributed by atoms with van der Waals surface area (Å²) in [6, 6.07) is 15.1. The Morgan fingerprint density at radius 3 is 2.56 bits per heavy atom. The van der Waals surface area contributed by atoms with Crippen molar-refractivity contribution in [3.8, 4) is 27.6 Å². The molecule has 4 aromatic rings. The van der Waals surface area contributed by atoms with Gasteiger partial charge in [0.1, 0.15) is 10.7 Å². The summed E-state index contributed by atoms with van der Waals surface area (Å²) >= 11 is 13.6. The topological polar surface area (TPSA) is 43.6 Å². The van der Waals surface area contributed by atoms with Crippen molar-refractivity contribution in [2.45, 2.75) is 6.92 Å². The Hall–Kier alpha value is -2.21. The fourth-order valence-electron chi connectivity index (χ4n) is 2.52. The first-order valence-electron chi connectivity index (χ1n) is 7.52. The molecule has 0 atom stereocenters. The highest BCUT2D eigenvalue weighted by Crippen LogP contribution is 2.30. The molecular formula is C18H12Cl2N4S. The third-order valence-electron chi connectivity index (χ3n) is 3.79. The van der Waals surface area contributed by atoms with E-state index in [1.54, 1.807) is 16.0 Å². The van der Waals surface area contributed by atoms with E-state index in [0.717, 1.165) is 33.3 Å². The van der Waals surface area contributed by atoms with Crippen LogP contribution >= 0.6 is 34.5 Å². The highest BCUT2D eigenvalue weighted by atomic mass is 35.5. The number of hydrogen-bond donors (Lipinski definition) is 0. The van der Waals surface area contributed by atoms with Gasteiger partial charge in [0.05, 0.1) is 17.1 Å². The zero-order valence-corrected chi connectivity index (χ0v) is 15.5. The smallest absolute Gasteiger partial charge is 0.146 e. The molecule has 0 bridgehead atoms. The SMILES string of the molecule is Cc1c(-c2nc(-c3ccc(Cl)cc3)cs2)nnn1-c1cccc(Cl)c1. The van der Waals surface area contributed by atoms with Gasteiger partial charge in [-0.25, -0.2) is 9.67 Å². The van der Waals surface area contributed by atoms with E-state index in [1.165, 1.54) is 0 Å². The van der Waals surface area contributed by atoms with E-state index in [1.807, 2.05) is 60.8 Å². The first kappa shape index (κ1) is 16.3. The minimum absolute atomic E-state index is 0.660. The molecule has 0 spiro atoms. The lowest BCUT2D eigenvalue weighted by molar-refractivity contribution is 0.785.